The largest absolute Gasteiger partial charge is 0.324 e. The molecule has 0 saturated carbocycles. The summed E-state index contributed by atoms with van der Waals surface area (Å²) in [5, 5.41) is 10.0. The van der Waals surface area contributed by atoms with Crippen molar-refractivity contribution in [2.45, 2.75) is 25.3 Å². The van der Waals surface area contributed by atoms with Gasteiger partial charge in [0, 0.05) is 5.38 Å². The lowest BCUT2D eigenvalue weighted by molar-refractivity contribution is -0.121. The summed E-state index contributed by atoms with van der Waals surface area (Å²) in [5.41, 5.74) is 0.525. The summed E-state index contributed by atoms with van der Waals surface area (Å²) in [6.07, 6.45) is 2.00. The minimum absolute atomic E-state index is 0.0772. The first-order valence-electron chi connectivity index (χ1n) is 4.79. The lowest BCUT2D eigenvalue weighted by Crippen LogP contribution is -2.47. The number of hydrogen-bond donors (Lipinski definition) is 2. The standard InChI is InChI=1S/C10H14N2OS/c1-10(4-2-5-11-10)9(13)12-8-3-6-14-7-8/h3,6-7,11H,2,4-5H2,1H3,(H,12,13). The third kappa shape index (κ3) is 1.81. The van der Waals surface area contributed by atoms with Crippen LogP contribution in [-0.2, 0) is 4.79 Å². The fraction of sp³-hybridized carbons (Fsp3) is 0.500. The van der Waals surface area contributed by atoms with Crippen LogP contribution in [0.5, 0.6) is 0 Å². The Balaban J connectivity index is 2.02. The van der Waals surface area contributed by atoms with E-state index in [0.29, 0.717) is 0 Å². The number of thiophene rings is 1. The van der Waals surface area contributed by atoms with E-state index in [0.717, 1.165) is 25.1 Å². The Morgan fingerprint density at radius 2 is 2.57 bits per heavy atom. The lowest BCUT2D eigenvalue weighted by Gasteiger charge is -2.22. The normalized spacial score (nSPS) is 26.4. The minimum atomic E-state index is -0.373. The number of hydrogen-bond acceptors (Lipinski definition) is 3. The summed E-state index contributed by atoms with van der Waals surface area (Å²) in [6.45, 7) is 2.90. The molecule has 0 aromatic carbocycles. The van der Waals surface area contributed by atoms with Gasteiger partial charge in [0.05, 0.1) is 11.2 Å². The summed E-state index contributed by atoms with van der Waals surface area (Å²) in [4.78, 5) is 11.9. The number of nitrogens with one attached hydrogen (secondary N) is 2. The van der Waals surface area contributed by atoms with E-state index >= 15 is 0 Å². The van der Waals surface area contributed by atoms with E-state index in [-0.39, 0.29) is 11.4 Å². The van der Waals surface area contributed by atoms with Gasteiger partial charge in [-0.2, -0.15) is 11.3 Å². The van der Waals surface area contributed by atoms with Crippen LogP contribution in [0.1, 0.15) is 19.8 Å². The van der Waals surface area contributed by atoms with Crippen LogP contribution in [0.2, 0.25) is 0 Å². The highest BCUT2D eigenvalue weighted by atomic mass is 32.1. The Morgan fingerprint density at radius 1 is 1.71 bits per heavy atom. The van der Waals surface area contributed by atoms with E-state index < -0.39 is 0 Å². The van der Waals surface area contributed by atoms with Crippen molar-refractivity contribution in [3.63, 3.8) is 0 Å². The molecule has 1 unspecified atom stereocenters. The summed E-state index contributed by atoms with van der Waals surface area (Å²) in [6, 6.07) is 1.92. The molecule has 1 saturated heterocycles. The van der Waals surface area contributed by atoms with Crippen molar-refractivity contribution in [3.05, 3.63) is 16.8 Å². The highest BCUT2D eigenvalue weighted by molar-refractivity contribution is 7.08. The molecule has 1 aliphatic rings. The highest BCUT2D eigenvalue weighted by Gasteiger charge is 2.35. The van der Waals surface area contributed by atoms with Crippen molar-refractivity contribution in [1.82, 2.24) is 5.32 Å². The maximum atomic E-state index is 11.9. The molecule has 76 valence electrons. The molecule has 1 atom stereocenters. The number of anilines is 1. The summed E-state index contributed by atoms with van der Waals surface area (Å²) < 4.78 is 0. The molecule has 0 bridgehead atoms. The van der Waals surface area contributed by atoms with Gasteiger partial charge < -0.3 is 10.6 Å². The second kappa shape index (κ2) is 3.71. The van der Waals surface area contributed by atoms with Gasteiger partial charge in [-0.05, 0) is 37.8 Å². The van der Waals surface area contributed by atoms with Crippen LogP contribution in [0.4, 0.5) is 5.69 Å². The Morgan fingerprint density at radius 3 is 3.14 bits per heavy atom. The van der Waals surface area contributed by atoms with Crippen molar-refractivity contribution < 1.29 is 4.79 Å². The van der Waals surface area contributed by atoms with E-state index in [4.69, 9.17) is 0 Å². The first-order chi connectivity index (χ1) is 6.71. The smallest absolute Gasteiger partial charge is 0.244 e. The molecule has 1 aromatic rings. The van der Waals surface area contributed by atoms with Gasteiger partial charge in [-0.3, -0.25) is 4.79 Å². The van der Waals surface area contributed by atoms with Crippen LogP contribution in [0.3, 0.4) is 0 Å². The maximum absolute atomic E-state index is 11.9. The van der Waals surface area contributed by atoms with Gasteiger partial charge in [0.2, 0.25) is 5.91 Å². The first-order valence-corrected chi connectivity index (χ1v) is 5.74. The number of rotatable bonds is 2. The van der Waals surface area contributed by atoms with E-state index in [2.05, 4.69) is 10.6 Å². The van der Waals surface area contributed by atoms with Gasteiger partial charge in [-0.15, -0.1) is 0 Å². The summed E-state index contributed by atoms with van der Waals surface area (Å²) in [5.74, 6) is 0.0772. The molecule has 2 rings (SSSR count). The van der Waals surface area contributed by atoms with E-state index in [9.17, 15) is 4.79 Å². The molecular weight excluding hydrogens is 196 g/mol. The Bertz CT molecular complexity index is 315. The third-order valence-electron chi connectivity index (χ3n) is 2.65. The molecular formula is C10H14N2OS. The van der Waals surface area contributed by atoms with Crippen molar-refractivity contribution in [2.75, 3.05) is 11.9 Å². The van der Waals surface area contributed by atoms with Crippen LogP contribution >= 0.6 is 11.3 Å². The van der Waals surface area contributed by atoms with Crippen molar-refractivity contribution in [3.8, 4) is 0 Å². The van der Waals surface area contributed by atoms with Gasteiger partial charge in [-0.25, -0.2) is 0 Å². The van der Waals surface area contributed by atoms with Crippen LogP contribution in [0, 0.1) is 0 Å². The SMILES string of the molecule is CC1(C(=O)Nc2ccsc2)CCCN1. The highest BCUT2D eigenvalue weighted by Crippen LogP contribution is 2.21. The zero-order valence-electron chi connectivity index (χ0n) is 8.17. The molecule has 1 aromatic heterocycles. The minimum Gasteiger partial charge on any atom is -0.324 e. The molecule has 0 spiro atoms. The van der Waals surface area contributed by atoms with E-state index in [1.165, 1.54) is 0 Å². The van der Waals surface area contributed by atoms with Gasteiger partial charge in [0.1, 0.15) is 0 Å². The van der Waals surface area contributed by atoms with Crippen molar-refractivity contribution in [1.29, 1.82) is 0 Å². The second-order valence-electron chi connectivity index (χ2n) is 3.83. The Labute approximate surface area is 87.5 Å². The molecule has 0 radical (unpaired) electrons. The van der Waals surface area contributed by atoms with Crippen LogP contribution in [0.25, 0.3) is 0 Å². The fourth-order valence-electron chi connectivity index (χ4n) is 1.69. The number of amides is 1. The molecule has 0 aliphatic carbocycles. The molecule has 2 heterocycles. The lowest BCUT2D eigenvalue weighted by atomic mass is 9.99. The zero-order chi connectivity index (χ0) is 10.0. The van der Waals surface area contributed by atoms with Gasteiger partial charge in [0.15, 0.2) is 0 Å². The topological polar surface area (TPSA) is 41.1 Å². The molecule has 4 heteroatoms. The number of carbonyl (C=O) groups is 1. The quantitative estimate of drug-likeness (QED) is 0.782. The number of carbonyl (C=O) groups excluding carboxylic acids is 1. The zero-order valence-corrected chi connectivity index (χ0v) is 8.99. The van der Waals surface area contributed by atoms with Crippen molar-refractivity contribution in [2.24, 2.45) is 0 Å². The van der Waals surface area contributed by atoms with Gasteiger partial charge in [0.25, 0.3) is 0 Å². The molecule has 2 N–H and O–H groups in total. The molecule has 14 heavy (non-hydrogen) atoms. The average molecular weight is 210 g/mol. The third-order valence-corrected chi connectivity index (χ3v) is 3.33. The molecule has 1 amide bonds. The van der Waals surface area contributed by atoms with Gasteiger partial charge >= 0.3 is 0 Å². The van der Waals surface area contributed by atoms with Crippen molar-refractivity contribution >= 4 is 22.9 Å². The predicted molar refractivity (Wildman–Crippen MR) is 58.6 cm³/mol. The monoisotopic (exact) mass is 210 g/mol. The fourth-order valence-corrected chi connectivity index (χ4v) is 2.28. The summed E-state index contributed by atoms with van der Waals surface area (Å²) >= 11 is 1.59. The van der Waals surface area contributed by atoms with Gasteiger partial charge in [-0.1, -0.05) is 0 Å². The second-order valence-corrected chi connectivity index (χ2v) is 4.61. The Kier molecular flexibility index (Phi) is 2.56. The molecule has 1 fully saturated rings. The summed E-state index contributed by atoms with van der Waals surface area (Å²) in [7, 11) is 0. The Hall–Kier alpha value is -0.870. The predicted octanol–water partition coefficient (Wildman–Crippen LogP) is 1.83. The molecule has 1 aliphatic heterocycles. The van der Waals surface area contributed by atoms with Crippen LogP contribution in [-0.4, -0.2) is 18.0 Å². The van der Waals surface area contributed by atoms with E-state index in [1.807, 2.05) is 23.8 Å². The van der Waals surface area contributed by atoms with Crippen LogP contribution in [0.15, 0.2) is 16.8 Å². The first kappa shape index (κ1) is 9.68. The molecule has 3 nitrogen and oxygen atoms in total. The van der Waals surface area contributed by atoms with E-state index in [1.54, 1.807) is 11.3 Å². The maximum Gasteiger partial charge on any atom is 0.244 e. The van der Waals surface area contributed by atoms with Crippen LogP contribution < -0.4 is 10.6 Å². The average Bonchev–Trinajstić information content (AvgIpc) is 2.76.